The van der Waals surface area contributed by atoms with Gasteiger partial charge in [-0.15, -0.1) is 11.3 Å². The summed E-state index contributed by atoms with van der Waals surface area (Å²) in [5.74, 6) is 0. The topological polar surface area (TPSA) is 48.8 Å². The highest BCUT2D eigenvalue weighted by atomic mass is 32.1. The van der Waals surface area contributed by atoms with Crippen molar-refractivity contribution in [2.75, 3.05) is 26.2 Å². The molecule has 0 aromatic carbocycles. The second-order valence-corrected chi connectivity index (χ2v) is 15.5. The molecule has 0 spiro atoms. The van der Waals surface area contributed by atoms with Gasteiger partial charge in [0.1, 0.15) is 5.01 Å². The Bertz CT molecular complexity index is 600. The third-order valence-corrected chi connectivity index (χ3v) is 11.6. The SMILES string of the molecule is C[C@H](O)CN1CCN(Cc2cnc([C@@H](C)O[Si](C)(C)C(C)(C)C)s2)[C@@H](C)C1. The molecule has 1 aromatic heterocycles. The number of hydrogen-bond acceptors (Lipinski definition) is 6. The molecule has 2 rings (SSSR count). The molecule has 1 fully saturated rings. The highest BCUT2D eigenvalue weighted by molar-refractivity contribution is 7.11. The van der Waals surface area contributed by atoms with E-state index in [4.69, 9.17) is 4.43 Å². The van der Waals surface area contributed by atoms with Crippen LogP contribution >= 0.6 is 11.3 Å². The minimum atomic E-state index is -1.79. The van der Waals surface area contributed by atoms with Crippen LogP contribution in [0.5, 0.6) is 0 Å². The van der Waals surface area contributed by atoms with E-state index in [1.807, 2.05) is 13.1 Å². The van der Waals surface area contributed by atoms with E-state index < -0.39 is 8.32 Å². The standard InChI is InChI=1S/C20H39N3O2SSi/c1-15-12-22(13-16(2)24)9-10-23(15)14-18-11-21-19(26-18)17(3)25-27(7,8)20(4,5)6/h11,15-17,24H,9-10,12-14H2,1-8H3/t15-,16-,17+/m0/s1. The van der Waals surface area contributed by atoms with Crippen molar-refractivity contribution >= 4 is 19.7 Å². The minimum Gasteiger partial charge on any atom is -0.408 e. The molecule has 5 nitrogen and oxygen atoms in total. The van der Waals surface area contributed by atoms with Gasteiger partial charge in [0, 0.05) is 49.8 Å². The molecule has 0 bridgehead atoms. The van der Waals surface area contributed by atoms with E-state index in [0.717, 1.165) is 37.7 Å². The molecule has 0 saturated carbocycles. The zero-order valence-electron chi connectivity index (χ0n) is 18.5. The molecule has 1 aliphatic rings. The van der Waals surface area contributed by atoms with Crippen molar-refractivity contribution in [1.29, 1.82) is 0 Å². The number of rotatable bonds is 7. The average Bonchev–Trinajstić information content (AvgIpc) is 2.96. The van der Waals surface area contributed by atoms with E-state index in [9.17, 15) is 5.11 Å². The number of hydrogen-bond donors (Lipinski definition) is 1. The van der Waals surface area contributed by atoms with Crippen molar-refractivity contribution in [3.8, 4) is 0 Å². The lowest BCUT2D eigenvalue weighted by atomic mass is 10.1. The molecule has 156 valence electrons. The number of aliphatic hydroxyl groups excluding tert-OH is 1. The summed E-state index contributed by atoms with van der Waals surface area (Å²) >= 11 is 1.79. The van der Waals surface area contributed by atoms with Crippen molar-refractivity contribution in [3.05, 3.63) is 16.1 Å². The van der Waals surface area contributed by atoms with Gasteiger partial charge in [0.25, 0.3) is 0 Å². The normalized spacial score (nSPS) is 22.8. The molecule has 3 atom stereocenters. The van der Waals surface area contributed by atoms with Gasteiger partial charge in [-0.25, -0.2) is 4.98 Å². The van der Waals surface area contributed by atoms with Crippen LogP contribution in [-0.2, 0) is 11.0 Å². The Balaban J connectivity index is 1.92. The minimum absolute atomic E-state index is 0.0601. The van der Waals surface area contributed by atoms with Crippen LogP contribution in [0.25, 0.3) is 0 Å². The van der Waals surface area contributed by atoms with Gasteiger partial charge in [-0.3, -0.25) is 9.80 Å². The fourth-order valence-corrected chi connectivity index (χ4v) is 5.66. The fourth-order valence-electron chi connectivity index (χ4n) is 3.30. The van der Waals surface area contributed by atoms with Gasteiger partial charge < -0.3 is 9.53 Å². The molecule has 1 saturated heterocycles. The molecule has 0 unspecified atom stereocenters. The first-order valence-corrected chi connectivity index (χ1v) is 13.9. The highest BCUT2D eigenvalue weighted by Gasteiger charge is 2.39. The van der Waals surface area contributed by atoms with E-state index in [-0.39, 0.29) is 17.2 Å². The van der Waals surface area contributed by atoms with Crippen LogP contribution in [0.15, 0.2) is 6.20 Å². The summed E-state index contributed by atoms with van der Waals surface area (Å²) in [5, 5.41) is 10.9. The smallest absolute Gasteiger partial charge is 0.193 e. The Hall–Kier alpha value is -0.313. The largest absolute Gasteiger partial charge is 0.408 e. The molecule has 2 heterocycles. The van der Waals surface area contributed by atoms with Crippen molar-refractivity contribution in [2.45, 2.75) is 84.5 Å². The van der Waals surface area contributed by atoms with E-state index in [2.05, 4.69) is 62.5 Å². The number of aliphatic hydroxyl groups is 1. The van der Waals surface area contributed by atoms with E-state index in [0.29, 0.717) is 6.04 Å². The van der Waals surface area contributed by atoms with Crippen LogP contribution in [-0.4, -0.2) is 66.5 Å². The second kappa shape index (κ2) is 9.01. The first kappa shape index (κ1) is 23.0. The maximum Gasteiger partial charge on any atom is 0.193 e. The Labute approximate surface area is 170 Å². The Morgan fingerprint density at radius 2 is 2.00 bits per heavy atom. The summed E-state index contributed by atoms with van der Waals surface area (Å²) in [6.07, 6.45) is 1.83. The lowest BCUT2D eigenvalue weighted by Crippen LogP contribution is -2.52. The molecular weight excluding hydrogens is 374 g/mol. The van der Waals surface area contributed by atoms with E-state index >= 15 is 0 Å². The van der Waals surface area contributed by atoms with Crippen LogP contribution < -0.4 is 0 Å². The van der Waals surface area contributed by atoms with Crippen LogP contribution in [0.3, 0.4) is 0 Å². The van der Waals surface area contributed by atoms with Gasteiger partial charge in [0.2, 0.25) is 0 Å². The first-order chi connectivity index (χ1) is 12.4. The number of thiazole rings is 1. The van der Waals surface area contributed by atoms with Crippen LogP contribution in [0, 0.1) is 0 Å². The predicted octanol–water partition coefficient (Wildman–Crippen LogP) is 4.11. The van der Waals surface area contributed by atoms with Crippen molar-refractivity contribution in [3.63, 3.8) is 0 Å². The fraction of sp³-hybridized carbons (Fsp3) is 0.850. The van der Waals surface area contributed by atoms with Crippen molar-refractivity contribution in [1.82, 2.24) is 14.8 Å². The predicted molar refractivity (Wildman–Crippen MR) is 117 cm³/mol. The van der Waals surface area contributed by atoms with Crippen LogP contribution in [0.4, 0.5) is 0 Å². The van der Waals surface area contributed by atoms with Crippen LogP contribution in [0.1, 0.15) is 57.5 Å². The molecular formula is C20H39N3O2SSi. The molecule has 0 radical (unpaired) electrons. The maximum atomic E-state index is 9.61. The molecule has 0 amide bonds. The van der Waals surface area contributed by atoms with Crippen molar-refractivity contribution < 1.29 is 9.53 Å². The highest BCUT2D eigenvalue weighted by Crippen LogP contribution is 2.40. The van der Waals surface area contributed by atoms with Crippen LogP contribution in [0.2, 0.25) is 18.1 Å². The third-order valence-electron chi connectivity index (χ3n) is 5.93. The summed E-state index contributed by atoms with van der Waals surface area (Å²) in [6.45, 7) is 22.5. The average molecular weight is 414 g/mol. The van der Waals surface area contributed by atoms with Crippen molar-refractivity contribution in [2.24, 2.45) is 0 Å². The summed E-state index contributed by atoms with van der Waals surface area (Å²) in [6, 6.07) is 0.490. The Kier molecular flexibility index (Phi) is 7.66. The Morgan fingerprint density at radius 3 is 2.56 bits per heavy atom. The maximum absolute atomic E-state index is 9.61. The molecule has 1 aromatic rings. The zero-order valence-corrected chi connectivity index (χ0v) is 20.3. The molecule has 7 heteroatoms. The van der Waals surface area contributed by atoms with Gasteiger partial charge in [0.15, 0.2) is 8.32 Å². The third kappa shape index (κ3) is 6.34. The van der Waals surface area contributed by atoms with Gasteiger partial charge in [-0.1, -0.05) is 20.8 Å². The van der Waals surface area contributed by atoms with Gasteiger partial charge in [-0.2, -0.15) is 0 Å². The lowest BCUT2D eigenvalue weighted by Gasteiger charge is -2.40. The molecule has 0 aliphatic carbocycles. The van der Waals surface area contributed by atoms with E-state index in [1.54, 1.807) is 11.3 Å². The van der Waals surface area contributed by atoms with Gasteiger partial charge >= 0.3 is 0 Å². The molecule has 1 N–H and O–H groups in total. The second-order valence-electron chi connectivity index (χ2n) is 9.61. The Morgan fingerprint density at radius 1 is 1.33 bits per heavy atom. The van der Waals surface area contributed by atoms with Gasteiger partial charge in [0.05, 0.1) is 12.2 Å². The quantitative estimate of drug-likeness (QED) is 0.682. The summed E-state index contributed by atoms with van der Waals surface area (Å²) < 4.78 is 6.51. The number of aromatic nitrogens is 1. The zero-order chi connectivity index (χ0) is 20.4. The van der Waals surface area contributed by atoms with E-state index in [1.165, 1.54) is 4.88 Å². The number of piperazine rings is 1. The number of nitrogens with zero attached hydrogens (tertiary/aromatic N) is 3. The molecule has 1 aliphatic heterocycles. The summed E-state index contributed by atoms with van der Waals surface area (Å²) in [4.78, 5) is 10.9. The summed E-state index contributed by atoms with van der Waals surface area (Å²) in [5.41, 5.74) is 0. The lowest BCUT2D eigenvalue weighted by molar-refractivity contribution is 0.0477. The monoisotopic (exact) mass is 413 g/mol. The first-order valence-electron chi connectivity index (χ1n) is 10.2. The van der Waals surface area contributed by atoms with Gasteiger partial charge in [-0.05, 0) is 38.9 Å². The number of β-amino-alcohol motifs (C(OH)–C–C–N with tert-alkyl or cyclic N) is 1. The molecule has 27 heavy (non-hydrogen) atoms. The summed E-state index contributed by atoms with van der Waals surface area (Å²) in [7, 11) is -1.79.